The molecule has 1 aromatic rings. The third kappa shape index (κ3) is 7.54. The average molecular weight is 413 g/mol. The topological polar surface area (TPSA) is 55.8 Å². The largest absolute Gasteiger partial charge is 0.507 e. The average Bonchev–Trinajstić information content (AvgIpc) is 2.50. The molecule has 1 N–H and O–H groups in total. The minimum atomic E-state index is -3.29. The minimum absolute atomic E-state index is 0.207. The summed E-state index contributed by atoms with van der Waals surface area (Å²) in [6.45, 7) is 21.3. The monoisotopic (exact) mass is 412 g/mol. The molecule has 0 fully saturated rings. The standard InChI is InChI=1S/C23H41O4P/c1-16(2)13-26-28(25,27-14-17(3)4)15-18-11-19(22(5,6)7)21(24)20(12-18)23(8,9)10/h11-12,16-17,24H,13-15H2,1-10H3. The third-order valence-electron chi connectivity index (χ3n) is 4.37. The van der Waals surface area contributed by atoms with Crippen LogP contribution in [0.4, 0.5) is 0 Å². The van der Waals surface area contributed by atoms with E-state index in [1.165, 1.54) is 0 Å². The number of aromatic hydroxyl groups is 1. The Hall–Kier alpha value is -0.830. The van der Waals surface area contributed by atoms with E-state index in [4.69, 9.17) is 9.05 Å². The maximum atomic E-state index is 13.5. The van der Waals surface area contributed by atoms with E-state index in [0.29, 0.717) is 19.0 Å². The molecule has 0 aliphatic heterocycles. The minimum Gasteiger partial charge on any atom is -0.507 e. The molecule has 4 nitrogen and oxygen atoms in total. The summed E-state index contributed by atoms with van der Waals surface area (Å²) in [7, 11) is -3.29. The molecule has 1 aromatic carbocycles. The zero-order valence-corrected chi connectivity index (χ0v) is 20.4. The molecular formula is C23H41O4P. The van der Waals surface area contributed by atoms with Crippen molar-refractivity contribution >= 4 is 7.60 Å². The number of phenols is 1. The van der Waals surface area contributed by atoms with Gasteiger partial charge in [0.25, 0.3) is 0 Å². The molecular weight excluding hydrogens is 371 g/mol. The summed E-state index contributed by atoms with van der Waals surface area (Å²) in [5, 5.41) is 10.9. The highest BCUT2D eigenvalue weighted by molar-refractivity contribution is 7.53. The van der Waals surface area contributed by atoms with E-state index >= 15 is 0 Å². The van der Waals surface area contributed by atoms with Crippen LogP contribution in [0.1, 0.15) is 85.9 Å². The first-order valence-corrected chi connectivity index (χ1v) is 12.0. The highest BCUT2D eigenvalue weighted by atomic mass is 31.2. The predicted octanol–water partition coefficient (Wildman–Crippen LogP) is 7.03. The molecule has 5 heteroatoms. The molecule has 0 aromatic heterocycles. The van der Waals surface area contributed by atoms with Crippen LogP contribution in [0.5, 0.6) is 5.75 Å². The molecule has 0 atom stereocenters. The molecule has 0 saturated heterocycles. The van der Waals surface area contributed by atoms with Crippen LogP contribution in [-0.4, -0.2) is 18.3 Å². The van der Waals surface area contributed by atoms with Crippen LogP contribution < -0.4 is 0 Å². The Morgan fingerprint density at radius 2 is 1.21 bits per heavy atom. The SMILES string of the molecule is CC(C)COP(=O)(Cc1cc(C(C)(C)C)c(O)c(C(C)(C)C)c1)OCC(C)C. The maximum Gasteiger partial charge on any atom is 0.335 e. The molecule has 0 heterocycles. The fraction of sp³-hybridized carbons (Fsp3) is 0.739. The fourth-order valence-electron chi connectivity index (χ4n) is 2.81. The van der Waals surface area contributed by atoms with Crippen LogP contribution in [0.15, 0.2) is 12.1 Å². The van der Waals surface area contributed by atoms with Crippen LogP contribution >= 0.6 is 7.60 Å². The lowest BCUT2D eigenvalue weighted by atomic mass is 9.78. The summed E-state index contributed by atoms with van der Waals surface area (Å²) in [5.74, 6) is 0.863. The van der Waals surface area contributed by atoms with Gasteiger partial charge in [0.05, 0.1) is 19.4 Å². The van der Waals surface area contributed by atoms with E-state index in [1.807, 2.05) is 39.8 Å². The number of rotatable bonds is 8. The Kier molecular flexibility index (Phi) is 8.39. The zero-order chi connectivity index (χ0) is 21.9. The fourth-order valence-corrected chi connectivity index (χ4v) is 4.74. The van der Waals surface area contributed by atoms with Crippen LogP contribution in [0.25, 0.3) is 0 Å². The molecule has 0 radical (unpaired) electrons. The molecule has 0 bridgehead atoms. The quantitative estimate of drug-likeness (QED) is 0.466. The lowest BCUT2D eigenvalue weighted by Crippen LogP contribution is -2.18. The predicted molar refractivity (Wildman–Crippen MR) is 118 cm³/mol. The summed E-state index contributed by atoms with van der Waals surface area (Å²) in [6, 6.07) is 3.91. The van der Waals surface area contributed by atoms with E-state index in [-0.39, 0.29) is 28.8 Å². The van der Waals surface area contributed by atoms with Gasteiger partial charge in [-0.15, -0.1) is 0 Å². The van der Waals surface area contributed by atoms with Gasteiger partial charge in [-0.2, -0.15) is 0 Å². The van der Waals surface area contributed by atoms with Crippen LogP contribution in [-0.2, 0) is 30.6 Å². The van der Waals surface area contributed by atoms with Gasteiger partial charge in [0.1, 0.15) is 5.75 Å². The van der Waals surface area contributed by atoms with Gasteiger partial charge in [-0.3, -0.25) is 4.57 Å². The number of benzene rings is 1. The van der Waals surface area contributed by atoms with Gasteiger partial charge in [-0.1, -0.05) is 81.4 Å². The molecule has 162 valence electrons. The smallest absolute Gasteiger partial charge is 0.335 e. The van der Waals surface area contributed by atoms with Gasteiger partial charge in [-0.25, -0.2) is 0 Å². The summed E-state index contributed by atoms with van der Waals surface area (Å²) in [6.07, 6.45) is 0.207. The molecule has 28 heavy (non-hydrogen) atoms. The Labute approximate surface area is 172 Å². The van der Waals surface area contributed by atoms with Crippen molar-refractivity contribution in [2.45, 2.75) is 86.2 Å². The Morgan fingerprint density at radius 1 is 0.857 bits per heavy atom. The molecule has 0 amide bonds. The van der Waals surface area contributed by atoms with Crippen LogP contribution in [0, 0.1) is 11.8 Å². The van der Waals surface area contributed by atoms with Gasteiger partial charge in [0.2, 0.25) is 0 Å². The van der Waals surface area contributed by atoms with Gasteiger partial charge in [-0.05, 0) is 39.4 Å². The van der Waals surface area contributed by atoms with Gasteiger partial charge < -0.3 is 14.2 Å². The van der Waals surface area contributed by atoms with Crippen molar-refractivity contribution in [1.82, 2.24) is 0 Å². The van der Waals surface area contributed by atoms with E-state index in [0.717, 1.165) is 16.7 Å². The van der Waals surface area contributed by atoms with Crippen LogP contribution in [0.3, 0.4) is 0 Å². The van der Waals surface area contributed by atoms with Crippen molar-refractivity contribution in [1.29, 1.82) is 0 Å². The maximum absolute atomic E-state index is 13.5. The van der Waals surface area contributed by atoms with E-state index in [1.54, 1.807) is 0 Å². The van der Waals surface area contributed by atoms with Crippen molar-refractivity contribution < 1.29 is 18.7 Å². The Balaban J connectivity index is 3.39. The first-order chi connectivity index (χ1) is 12.5. The Bertz CT molecular complexity index is 643. The first kappa shape index (κ1) is 25.2. The van der Waals surface area contributed by atoms with E-state index in [9.17, 15) is 9.67 Å². The second-order valence-electron chi connectivity index (χ2n) is 10.7. The molecule has 0 unspecified atom stereocenters. The van der Waals surface area contributed by atoms with Crippen molar-refractivity contribution in [3.63, 3.8) is 0 Å². The van der Waals surface area contributed by atoms with Gasteiger partial charge >= 0.3 is 7.60 Å². The summed E-state index contributed by atoms with van der Waals surface area (Å²) in [4.78, 5) is 0. The third-order valence-corrected chi connectivity index (χ3v) is 6.21. The molecule has 0 aliphatic carbocycles. The van der Waals surface area contributed by atoms with Crippen LogP contribution in [0.2, 0.25) is 0 Å². The van der Waals surface area contributed by atoms with Crippen molar-refractivity contribution in [2.24, 2.45) is 11.8 Å². The first-order valence-electron chi connectivity index (χ1n) is 10.3. The lowest BCUT2D eigenvalue weighted by molar-refractivity contribution is 0.172. The second kappa shape index (κ2) is 9.32. The Morgan fingerprint density at radius 3 is 1.50 bits per heavy atom. The number of phenolic OH excluding ortho intramolecular Hbond substituents is 1. The van der Waals surface area contributed by atoms with Crippen molar-refractivity contribution in [2.75, 3.05) is 13.2 Å². The van der Waals surface area contributed by atoms with E-state index < -0.39 is 7.60 Å². The summed E-state index contributed by atoms with van der Waals surface area (Å²) >= 11 is 0. The van der Waals surface area contributed by atoms with Gasteiger partial charge in [0.15, 0.2) is 0 Å². The van der Waals surface area contributed by atoms with Gasteiger partial charge in [0, 0.05) is 0 Å². The number of hydrogen-bond donors (Lipinski definition) is 1. The molecule has 1 rings (SSSR count). The molecule has 0 aliphatic rings. The second-order valence-corrected chi connectivity index (χ2v) is 12.7. The highest BCUT2D eigenvalue weighted by Gasteiger charge is 2.31. The van der Waals surface area contributed by atoms with E-state index in [2.05, 4.69) is 41.5 Å². The molecule has 0 spiro atoms. The summed E-state index contributed by atoms with van der Waals surface area (Å²) in [5.41, 5.74) is 2.12. The molecule has 0 saturated carbocycles. The summed E-state index contributed by atoms with van der Waals surface area (Å²) < 4.78 is 25.1. The normalized spacial score (nSPS) is 13.6. The highest BCUT2D eigenvalue weighted by Crippen LogP contribution is 2.53. The van der Waals surface area contributed by atoms with Crippen molar-refractivity contribution in [3.8, 4) is 5.75 Å². The lowest BCUT2D eigenvalue weighted by Gasteiger charge is -2.29. The number of hydrogen-bond acceptors (Lipinski definition) is 4. The van der Waals surface area contributed by atoms with Crippen molar-refractivity contribution in [3.05, 3.63) is 28.8 Å². The zero-order valence-electron chi connectivity index (χ0n) is 19.5.